The zero-order chi connectivity index (χ0) is 14.9. The molecule has 2 aromatic rings. The second kappa shape index (κ2) is 5.42. The van der Waals surface area contributed by atoms with Gasteiger partial charge in [-0.15, -0.1) is 11.3 Å². The number of rotatable bonds is 3. The van der Waals surface area contributed by atoms with Crippen molar-refractivity contribution in [3.05, 3.63) is 46.1 Å². The highest BCUT2D eigenvalue weighted by molar-refractivity contribution is 7.18. The van der Waals surface area contributed by atoms with E-state index in [4.69, 9.17) is 5.73 Å². The predicted molar refractivity (Wildman–Crippen MR) is 77.8 cm³/mol. The van der Waals surface area contributed by atoms with E-state index < -0.39 is 5.91 Å². The molecule has 1 aromatic heterocycles. The molecule has 0 aliphatic heterocycles. The third kappa shape index (κ3) is 2.70. The van der Waals surface area contributed by atoms with Crippen molar-refractivity contribution in [1.29, 1.82) is 0 Å². The van der Waals surface area contributed by atoms with E-state index in [-0.39, 0.29) is 11.6 Å². The number of nitrogens with one attached hydrogen (secondary N) is 1. The molecule has 0 bridgehead atoms. The molecule has 0 aliphatic carbocycles. The fraction of sp³-hybridized carbons (Fsp3) is 0.143. The van der Waals surface area contributed by atoms with Crippen LogP contribution >= 0.6 is 11.3 Å². The smallest absolute Gasteiger partial charge is 0.258 e. The van der Waals surface area contributed by atoms with Crippen molar-refractivity contribution >= 4 is 33.7 Å². The minimum Gasteiger partial charge on any atom is -0.390 e. The number of halogens is 1. The number of anilines is 2. The van der Waals surface area contributed by atoms with Gasteiger partial charge >= 0.3 is 0 Å². The average molecular weight is 292 g/mol. The number of nitrogens with two attached hydrogens (primary N) is 1. The Kier molecular flexibility index (Phi) is 3.85. The van der Waals surface area contributed by atoms with Gasteiger partial charge in [-0.2, -0.15) is 0 Å². The molecule has 0 atom stereocenters. The Balaban J connectivity index is 2.30. The molecule has 1 heterocycles. The number of hydrogen-bond acceptors (Lipinski definition) is 4. The molecule has 2 rings (SSSR count). The van der Waals surface area contributed by atoms with E-state index in [1.54, 1.807) is 6.92 Å². The fourth-order valence-electron chi connectivity index (χ4n) is 1.88. The highest BCUT2D eigenvalue weighted by Crippen LogP contribution is 2.31. The van der Waals surface area contributed by atoms with E-state index >= 15 is 0 Å². The minimum atomic E-state index is -0.407. The lowest BCUT2D eigenvalue weighted by Crippen LogP contribution is -2.14. The van der Waals surface area contributed by atoms with E-state index in [0.717, 1.165) is 11.3 Å². The molecule has 0 radical (unpaired) electrons. The van der Waals surface area contributed by atoms with Gasteiger partial charge in [-0.3, -0.25) is 9.59 Å². The zero-order valence-electron chi connectivity index (χ0n) is 11.0. The first kappa shape index (κ1) is 14.2. The highest BCUT2D eigenvalue weighted by Gasteiger charge is 2.21. The number of benzene rings is 1. The SMILES string of the molecule is CC(=O)c1sc(N)c(C(=O)Nc2ccc(F)cc2)c1C. The molecular formula is C14H13FN2O2S. The Bertz CT molecular complexity index is 677. The number of thiophene rings is 1. The first-order chi connectivity index (χ1) is 9.40. The molecule has 0 saturated carbocycles. The number of ketones is 1. The van der Waals surface area contributed by atoms with Crippen LogP contribution in [0.2, 0.25) is 0 Å². The normalized spacial score (nSPS) is 10.3. The summed E-state index contributed by atoms with van der Waals surface area (Å²) in [5, 5.41) is 2.93. The molecule has 4 nitrogen and oxygen atoms in total. The summed E-state index contributed by atoms with van der Waals surface area (Å²) in [5.74, 6) is -0.913. The molecule has 3 N–H and O–H groups in total. The summed E-state index contributed by atoms with van der Waals surface area (Å²) >= 11 is 1.10. The predicted octanol–water partition coefficient (Wildman–Crippen LogP) is 3.23. The number of Topliss-reactive ketones (excluding diaryl/α,β-unsaturated/α-hetero) is 1. The summed E-state index contributed by atoms with van der Waals surface area (Å²) in [6.07, 6.45) is 0. The third-order valence-corrected chi connectivity index (χ3v) is 4.04. The van der Waals surface area contributed by atoms with Crippen LogP contribution < -0.4 is 11.1 Å². The molecule has 1 aromatic carbocycles. The summed E-state index contributed by atoms with van der Waals surface area (Å²) in [5.41, 5.74) is 7.13. The van der Waals surface area contributed by atoms with Crippen molar-refractivity contribution in [1.82, 2.24) is 0 Å². The van der Waals surface area contributed by atoms with E-state index in [1.807, 2.05) is 0 Å². The molecule has 0 aliphatic rings. The Morgan fingerprint density at radius 2 is 1.85 bits per heavy atom. The van der Waals surface area contributed by atoms with Crippen molar-refractivity contribution in [3.8, 4) is 0 Å². The van der Waals surface area contributed by atoms with Crippen LogP contribution in [-0.4, -0.2) is 11.7 Å². The van der Waals surface area contributed by atoms with Gasteiger partial charge in [-0.25, -0.2) is 4.39 Å². The average Bonchev–Trinajstić information content (AvgIpc) is 2.68. The largest absolute Gasteiger partial charge is 0.390 e. The molecule has 0 spiro atoms. The summed E-state index contributed by atoms with van der Waals surface area (Å²) in [7, 11) is 0. The van der Waals surface area contributed by atoms with Crippen molar-refractivity contribution < 1.29 is 14.0 Å². The summed E-state index contributed by atoms with van der Waals surface area (Å²) in [6, 6.07) is 5.41. The van der Waals surface area contributed by atoms with Gasteiger partial charge in [-0.05, 0) is 43.7 Å². The monoisotopic (exact) mass is 292 g/mol. The van der Waals surface area contributed by atoms with Crippen LogP contribution in [0.4, 0.5) is 15.1 Å². The summed E-state index contributed by atoms with van der Waals surface area (Å²) in [4.78, 5) is 24.1. The maximum Gasteiger partial charge on any atom is 0.258 e. The van der Waals surface area contributed by atoms with Gasteiger partial charge in [0.15, 0.2) is 5.78 Å². The van der Waals surface area contributed by atoms with Crippen LogP contribution in [0.25, 0.3) is 0 Å². The van der Waals surface area contributed by atoms with Crippen LogP contribution in [-0.2, 0) is 0 Å². The number of hydrogen-bond donors (Lipinski definition) is 2. The topological polar surface area (TPSA) is 72.2 Å². The van der Waals surface area contributed by atoms with Crippen molar-refractivity contribution in [3.63, 3.8) is 0 Å². The summed E-state index contributed by atoms with van der Waals surface area (Å²) in [6.45, 7) is 3.11. The third-order valence-electron chi connectivity index (χ3n) is 2.82. The van der Waals surface area contributed by atoms with Gasteiger partial charge < -0.3 is 11.1 Å². The van der Waals surface area contributed by atoms with Gasteiger partial charge in [0.2, 0.25) is 0 Å². The Morgan fingerprint density at radius 1 is 1.25 bits per heavy atom. The van der Waals surface area contributed by atoms with E-state index in [2.05, 4.69) is 5.32 Å². The maximum absolute atomic E-state index is 12.8. The molecule has 20 heavy (non-hydrogen) atoms. The van der Waals surface area contributed by atoms with Crippen LogP contribution in [0.1, 0.15) is 32.5 Å². The highest BCUT2D eigenvalue weighted by atomic mass is 32.1. The first-order valence-corrected chi connectivity index (χ1v) is 6.68. The number of carbonyl (C=O) groups is 2. The van der Waals surface area contributed by atoms with Gasteiger partial charge in [0.1, 0.15) is 5.82 Å². The van der Waals surface area contributed by atoms with Crippen LogP contribution in [0, 0.1) is 12.7 Å². The first-order valence-electron chi connectivity index (χ1n) is 5.87. The van der Waals surface area contributed by atoms with Crippen LogP contribution in [0.5, 0.6) is 0 Å². The number of carbonyl (C=O) groups excluding carboxylic acids is 2. The zero-order valence-corrected chi connectivity index (χ0v) is 11.8. The lowest BCUT2D eigenvalue weighted by Gasteiger charge is -2.06. The molecular weight excluding hydrogens is 279 g/mol. The maximum atomic E-state index is 12.8. The minimum absolute atomic E-state index is 0.125. The quantitative estimate of drug-likeness (QED) is 0.853. The van der Waals surface area contributed by atoms with E-state index in [0.29, 0.717) is 26.7 Å². The van der Waals surface area contributed by atoms with Gasteiger partial charge in [0, 0.05) is 5.69 Å². The lowest BCUT2D eigenvalue weighted by molar-refractivity contribution is 0.102. The fourth-order valence-corrected chi connectivity index (χ4v) is 2.85. The molecule has 0 saturated heterocycles. The Morgan fingerprint density at radius 3 is 2.35 bits per heavy atom. The van der Waals surface area contributed by atoms with Crippen molar-refractivity contribution in [2.24, 2.45) is 0 Å². The van der Waals surface area contributed by atoms with E-state index in [1.165, 1.54) is 31.2 Å². The summed E-state index contributed by atoms with van der Waals surface area (Å²) < 4.78 is 12.8. The van der Waals surface area contributed by atoms with Gasteiger partial charge in [0.25, 0.3) is 5.91 Å². The van der Waals surface area contributed by atoms with Crippen LogP contribution in [0.3, 0.4) is 0 Å². The van der Waals surface area contributed by atoms with Gasteiger partial charge in [0.05, 0.1) is 15.4 Å². The molecule has 6 heteroatoms. The molecule has 0 fully saturated rings. The number of nitrogen functional groups attached to an aromatic ring is 1. The molecule has 1 amide bonds. The van der Waals surface area contributed by atoms with Crippen molar-refractivity contribution in [2.45, 2.75) is 13.8 Å². The Hall–Kier alpha value is -2.21. The van der Waals surface area contributed by atoms with Gasteiger partial charge in [-0.1, -0.05) is 0 Å². The van der Waals surface area contributed by atoms with Crippen molar-refractivity contribution in [2.75, 3.05) is 11.1 Å². The van der Waals surface area contributed by atoms with Crippen LogP contribution in [0.15, 0.2) is 24.3 Å². The molecule has 0 unspecified atom stereocenters. The second-order valence-corrected chi connectivity index (χ2v) is 5.36. The van der Waals surface area contributed by atoms with E-state index in [9.17, 15) is 14.0 Å². The standard InChI is InChI=1S/C14H13FN2O2S/c1-7-11(13(16)20-12(7)8(2)18)14(19)17-10-5-3-9(15)4-6-10/h3-6H,16H2,1-2H3,(H,17,19). The lowest BCUT2D eigenvalue weighted by atomic mass is 10.1. The second-order valence-electron chi connectivity index (χ2n) is 4.31. The Labute approximate surface area is 119 Å². The number of amides is 1. The molecule has 104 valence electrons.